The summed E-state index contributed by atoms with van der Waals surface area (Å²) in [6, 6.07) is 10.0. The van der Waals surface area contributed by atoms with Gasteiger partial charge in [0.15, 0.2) is 0 Å². The van der Waals surface area contributed by atoms with Gasteiger partial charge in [0.2, 0.25) is 0 Å². The lowest BCUT2D eigenvalue weighted by Gasteiger charge is -2.46. The molecule has 0 heterocycles. The van der Waals surface area contributed by atoms with Crippen LogP contribution in [0.2, 0.25) is 0 Å². The van der Waals surface area contributed by atoms with E-state index in [1.165, 1.54) is 0 Å². The molecule has 0 spiro atoms. The molecule has 0 saturated heterocycles. The molecule has 0 aliphatic heterocycles. The SMILES string of the molecule is C[C@H](CN(C)C)[C@](O)(c1ccccc1)C(C)(C)C. The van der Waals surface area contributed by atoms with Gasteiger partial charge in [0.1, 0.15) is 0 Å². The second-order valence-electron chi connectivity index (χ2n) is 6.55. The Kier molecular flexibility index (Phi) is 4.57. The summed E-state index contributed by atoms with van der Waals surface area (Å²) in [6.45, 7) is 9.30. The van der Waals surface area contributed by atoms with Crippen molar-refractivity contribution in [1.29, 1.82) is 0 Å². The molecule has 0 saturated carbocycles. The van der Waals surface area contributed by atoms with E-state index in [1.54, 1.807) is 0 Å². The van der Waals surface area contributed by atoms with Crippen molar-refractivity contribution in [3.63, 3.8) is 0 Å². The molecule has 0 bridgehead atoms. The summed E-state index contributed by atoms with van der Waals surface area (Å²) in [6.07, 6.45) is 0. The van der Waals surface area contributed by atoms with Gasteiger partial charge in [-0.2, -0.15) is 0 Å². The van der Waals surface area contributed by atoms with E-state index in [2.05, 4.69) is 32.6 Å². The highest BCUT2D eigenvalue weighted by molar-refractivity contribution is 5.25. The first-order valence-electron chi connectivity index (χ1n) is 6.62. The highest BCUT2D eigenvalue weighted by Gasteiger charge is 2.45. The Labute approximate surface area is 112 Å². The van der Waals surface area contributed by atoms with Crippen LogP contribution in [0.1, 0.15) is 33.3 Å². The molecule has 0 unspecified atom stereocenters. The third-order valence-electron chi connectivity index (χ3n) is 3.71. The van der Waals surface area contributed by atoms with Crippen LogP contribution in [0, 0.1) is 11.3 Å². The third-order valence-corrected chi connectivity index (χ3v) is 3.71. The van der Waals surface area contributed by atoms with E-state index in [-0.39, 0.29) is 11.3 Å². The quantitative estimate of drug-likeness (QED) is 0.886. The summed E-state index contributed by atoms with van der Waals surface area (Å²) < 4.78 is 0. The molecule has 0 aromatic heterocycles. The Balaban J connectivity index is 3.20. The van der Waals surface area contributed by atoms with E-state index in [9.17, 15) is 5.11 Å². The number of hydrogen-bond donors (Lipinski definition) is 1. The molecule has 18 heavy (non-hydrogen) atoms. The predicted molar refractivity (Wildman–Crippen MR) is 77.5 cm³/mol. The van der Waals surface area contributed by atoms with Gasteiger partial charge in [0.05, 0.1) is 5.60 Å². The summed E-state index contributed by atoms with van der Waals surface area (Å²) >= 11 is 0. The molecule has 2 nitrogen and oxygen atoms in total. The first-order chi connectivity index (χ1) is 8.19. The Hall–Kier alpha value is -0.860. The van der Waals surface area contributed by atoms with E-state index in [1.807, 2.05) is 44.4 Å². The van der Waals surface area contributed by atoms with Crippen LogP contribution in [0.15, 0.2) is 30.3 Å². The van der Waals surface area contributed by atoms with Gasteiger partial charge in [-0.15, -0.1) is 0 Å². The number of benzene rings is 1. The van der Waals surface area contributed by atoms with Crippen molar-refractivity contribution in [2.45, 2.75) is 33.3 Å². The van der Waals surface area contributed by atoms with E-state index in [0.29, 0.717) is 0 Å². The lowest BCUT2D eigenvalue weighted by atomic mass is 9.65. The van der Waals surface area contributed by atoms with Crippen molar-refractivity contribution in [2.24, 2.45) is 11.3 Å². The second-order valence-corrected chi connectivity index (χ2v) is 6.55. The van der Waals surface area contributed by atoms with E-state index in [4.69, 9.17) is 0 Å². The zero-order chi connectivity index (χ0) is 14.0. The first-order valence-corrected chi connectivity index (χ1v) is 6.62. The van der Waals surface area contributed by atoms with E-state index >= 15 is 0 Å². The monoisotopic (exact) mass is 249 g/mol. The topological polar surface area (TPSA) is 23.5 Å². The maximum atomic E-state index is 11.3. The van der Waals surface area contributed by atoms with Gasteiger partial charge >= 0.3 is 0 Å². The molecule has 0 aliphatic rings. The Morgan fingerprint density at radius 1 is 1.11 bits per heavy atom. The van der Waals surface area contributed by atoms with Crippen LogP contribution < -0.4 is 0 Å². The third kappa shape index (κ3) is 2.93. The average Bonchev–Trinajstić information content (AvgIpc) is 2.26. The Bertz CT molecular complexity index is 366. The summed E-state index contributed by atoms with van der Waals surface area (Å²) in [4.78, 5) is 2.13. The van der Waals surface area contributed by atoms with Gasteiger partial charge in [-0.25, -0.2) is 0 Å². The lowest BCUT2D eigenvalue weighted by molar-refractivity contribution is -0.112. The fraction of sp³-hybridized carbons (Fsp3) is 0.625. The van der Waals surface area contributed by atoms with Crippen LogP contribution in [-0.2, 0) is 5.60 Å². The van der Waals surface area contributed by atoms with Gasteiger partial charge in [-0.1, -0.05) is 58.0 Å². The van der Waals surface area contributed by atoms with Gasteiger partial charge in [-0.05, 0) is 25.1 Å². The van der Waals surface area contributed by atoms with Crippen molar-refractivity contribution in [2.75, 3.05) is 20.6 Å². The Morgan fingerprint density at radius 3 is 2.00 bits per heavy atom. The molecule has 0 radical (unpaired) electrons. The largest absolute Gasteiger partial charge is 0.384 e. The predicted octanol–water partition coefficient (Wildman–Crippen LogP) is 3.12. The smallest absolute Gasteiger partial charge is 0.0982 e. The van der Waals surface area contributed by atoms with Gasteiger partial charge in [0, 0.05) is 12.5 Å². The van der Waals surface area contributed by atoms with Crippen LogP contribution in [0.5, 0.6) is 0 Å². The molecule has 102 valence electrons. The molecule has 1 aromatic rings. The standard InChI is InChI=1S/C16H27NO/c1-13(12-17(5)6)16(18,15(2,3)4)14-10-8-7-9-11-14/h7-11,13,18H,12H2,1-6H3/t13-,16+/m1/s1. The molecule has 2 heteroatoms. The molecule has 1 rings (SSSR count). The fourth-order valence-electron chi connectivity index (χ4n) is 2.83. The highest BCUT2D eigenvalue weighted by atomic mass is 16.3. The minimum Gasteiger partial charge on any atom is -0.384 e. The van der Waals surface area contributed by atoms with Crippen LogP contribution in [-0.4, -0.2) is 30.6 Å². The minimum absolute atomic E-state index is 0.162. The summed E-state index contributed by atoms with van der Waals surface area (Å²) in [5, 5.41) is 11.3. The summed E-state index contributed by atoms with van der Waals surface area (Å²) in [7, 11) is 4.09. The van der Waals surface area contributed by atoms with Crippen LogP contribution >= 0.6 is 0 Å². The molecule has 0 amide bonds. The molecule has 2 atom stereocenters. The molecule has 0 fully saturated rings. The van der Waals surface area contributed by atoms with Crippen LogP contribution in [0.3, 0.4) is 0 Å². The van der Waals surface area contributed by atoms with E-state index < -0.39 is 5.60 Å². The first kappa shape index (κ1) is 15.2. The fourth-order valence-corrected chi connectivity index (χ4v) is 2.83. The molecular formula is C16H27NO. The summed E-state index contributed by atoms with van der Waals surface area (Å²) in [5.74, 6) is 0.162. The molecule has 0 aliphatic carbocycles. The molecule has 1 aromatic carbocycles. The zero-order valence-corrected chi connectivity index (χ0v) is 12.6. The lowest BCUT2D eigenvalue weighted by Crippen LogP contribution is -2.48. The number of rotatable bonds is 4. The number of nitrogens with zero attached hydrogens (tertiary/aromatic N) is 1. The normalized spacial score (nSPS) is 17.6. The van der Waals surface area contributed by atoms with Crippen molar-refractivity contribution >= 4 is 0 Å². The maximum absolute atomic E-state index is 11.3. The van der Waals surface area contributed by atoms with Gasteiger partial charge < -0.3 is 10.0 Å². The van der Waals surface area contributed by atoms with Crippen molar-refractivity contribution in [3.8, 4) is 0 Å². The maximum Gasteiger partial charge on any atom is 0.0982 e. The molecular weight excluding hydrogens is 222 g/mol. The number of aliphatic hydroxyl groups is 1. The minimum atomic E-state index is -0.821. The van der Waals surface area contributed by atoms with Crippen molar-refractivity contribution in [3.05, 3.63) is 35.9 Å². The Morgan fingerprint density at radius 2 is 1.61 bits per heavy atom. The van der Waals surface area contributed by atoms with Crippen LogP contribution in [0.4, 0.5) is 0 Å². The average molecular weight is 249 g/mol. The highest BCUT2D eigenvalue weighted by Crippen LogP contribution is 2.44. The van der Waals surface area contributed by atoms with Crippen LogP contribution in [0.25, 0.3) is 0 Å². The second kappa shape index (κ2) is 5.41. The summed E-state index contributed by atoms with van der Waals surface area (Å²) in [5.41, 5.74) is -0.0191. The zero-order valence-electron chi connectivity index (χ0n) is 12.6. The number of hydrogen-bond acceptors (Lipinski definition) is 2. The van der Waals surface area contributed by atoms with Crippen molar-refractivity contribution in [1.82, 2.24) is 4.90 Å². The molecule has 1 N–H and O–H groups in total. The van der Waals surface area contributed by atoms with Crippen molar-refractivity contribution < 1.29 is 5.11 Å². The van der Waals surface area contributed by atoms with Gasteiger partial charge in [0.25, 0.3) is 0 Å². The van der Waals surface area contributed by atoms with E-state index in [0.717, 1.165) is 12.1 Å². The van der Waals surface area contributed by atoms with Gasteiger partial charge in [-0.3, -0.25) is 0 Å².